The second-order valence-electron chi connectivity index (χ2n) is 6.96. The van der Waals surface area contributed by atoms with Gasteiger partial charge in [0.25, 0.3) is 0 Å². The fraction of sp³-hybridized carbons (Fsp3) is 0.579. The molecule has 2 amide bonds. The Balaban J connectivity index is 3.06. The van der Waals surface area contributed by atoms with Crippen LogP contribution in [0.25, 0.3) is 0 Å². The fourth-order valence-electron chi connectivity index (χ4n) is 2.55. The highest BCUT2D eigenvalue weighted by atomic mass is 16.2. The molecule has 23 heavy (non-hydrogen) atoms. The minimum absolute atomic E-state index is 0.00385. The maximum atomic E-state index is 12.6. The third kappa shape index (κ3) is 5.70. The molecule has 4 heteroatoms. The first kappa shape index (κ1) is 19.2. The van der Waals surface area contributed by atoms with Crippen LogP contribution in [0.5, 0.6) is 0 Å². The Morgan fingerprint density at radius 2 is 1.78 bits per heavy atom. The number of hydrogen-bond donors (Lipinski definition) is 1. The zero-order chi connectivity index (χ0) is 17.6. The van der Waals surface area contributed by atoms with E-state index in [9.17, 15) is 9.59 Å². The topological polar surface area (TPSA) is 49.4 Å². The number of carbonyl (C=O) groups is 2. The molecular formula is C19H30N2O2. The van der Waals surface area contributed by atoms with Gasteiger partial charge in [0.1, 0.15) is 6.04 Å². The van der Waals surface area contributed by atoms with Gasteiger partial charge in [0.15, 0.2) is 0 Å². The van der Waals surface area contributed by atoms with E-state index in [0.717, 1.165) is 11.1 Å². The van der Waals surface area contributed by atoms with Crippen LogP contribution < -0.4 is 5.32 Å². The van der Waals surface area contributed by atoms with Gasteiger partial charge in [-0.1, -0.05) is 38.1 Å². The van der Waals surface area contributed by atoms with E-state index in [-0.39, 0.29) is 17.4 Å². The molecule has 0 aliphatic rings. The number of amides is 2. The van der Waals surface area contributed by atoms with Gasteiger partial charge >= 0.3 is 0 Å². The lowest BCUT2D eigenvalue weighted by Gasteiger charge is -2.33. The second kappa shape index (κ2) is 8.14. The molecule has 1 atom stereocenters. The Hall–Kier alpha value is -1.84. The molecule has 0 fully saturated rings. The van der Waals surface area contributed by atoms with E-state index in [1.807, 2.05) is 65.8 Å². The van der Waals surface area contributed by atoms with Crippen LogP contribution in [-0.4, -0.2) is 28.3 Å². The minimum Gasteiger partial charge on any atom is -0.350 e. The Morgan fingerprint density at radius 3 is 2.26 bits per heavy atom. The second-order valence-corrected chi connectivity index (χ2v) is 6.96. The molecule has 1 aromatic rings. The number of nitrogens with one attached hydrogen (secondary N) is 1. The number of carbonyl (C=O) groups excluding carboxylic acids is 2. The smallest absolute Gasteiger partial charge is 0.243 e. The molecule has 0 saturated carbocycles. The highest BCUT2D eigenvalue weighted by Crippen LogP contribution is 2.17. The lowest BCUT2D eigenvalue weighted by Crippen LogP contribution is -2.53. The predicted molar refractivity (Wildman–Crippen MR) is 94.0 cm³/mol. The third-order valence-corrected chi connectivity index (χ3v) is 3.79. The van der Waals surface area contributed by atoms with Gasteiger partial charge in [-0.05, 0) is 45.2 Å². The number of aryl methyl sites for hydroxylation is 1. The maximum absolute atomic E-state index is 12.6. The quantitative estimate of drug-likeness (QED) is 0.873. The summed E-state index contributed by atoms with van der Waals surface area (Å²) in [5, 5.41) is 3.00. The summed E-state index contributed by atoms with van der Waals surface area (Å²) in [6, 6.07) is 7.54. The summed E-state index contributed by atoms with van der Waals surface area (Å²) in [5.41, 5.74) is 1.90. The van der Waals surface area contributed by atoms with Crippen molar-refractivity contribution in [3.8, 4) is 0 Å². The number of rotatable bonds is 6. The summed E-state index contributed by atoms with van der Waals surface area (Å²) in [5.74, 6) is -0.0838. The SMILES string of the molecule is CCC(=O)N(Cc1ccccc1C)C(CC)C(=O)NC(C)(C)C. The highest BCUT2D eigenvalue weighted by Gasteiger charge is 2.29. The molecule has 0 heterocycles. The Bertz CT molecular complexity index is 547. The Labute approximate surface area is 140 Å². The van der Waals surface area contributed by atoms with Crippen molar-refractivity contribution in [2.45, 2.75) is 72.5 Å². The summed E-state index contributed by atoms with van der Waals surface area (Å²) in [7, 11) is 0. The van der Waals surface area contributed by atoms with Crippen LogP contribution >= 0.6 is 0 Å². The van der Waals surface area contributed by atoms with Crippen molar-refractivity contribution >= 4 is 11.8 Å². The van der Waals surface area contributed by atoms with Crippen molar-refractivity contribution in [1.29, 1.82) is 0 Å². The third-order valence-electron chi connectivity index (χ3n) is 3.79. The average Bonchev–Trinajstić information content (AvgIpc) is 2.46. The van der Waals surface area contributed by atoms with E-state index in [1.165, 1.54) is 0 Å². The first-order valence-electron chi connectivity index (χ1n) is 8.35. The van der Waals surface area contributed by atoms with Crippen molar-refractivity contribution in [3.05, 3.63) is 35.4 Å². The molecule has 1 rings (SSSR count). The number of nitrogens with zero attached hydrogens (tertiary/aromatic N) is 1. The van der Waals surface area contributed by atoms with Gasteiger partial charge in [0.05, 0.1) is 0 Å². The predicted octanol–water partition coefficient (Wildman–Crippen LogP) is 3.43. The fourth-order valence-corrected chi connectivity index (χ4v) is 2.55. The van der Waals surface area contributed by atoms with Crippen LogP contribution in [0.3, 0.4) is 0 Å². The standard InChI is InChI=1S/C19H30N2O2/c1-7-16(18(23)20-19(4,5)6)21(17(22)8-2)13-15-12-10-9-11-14(15)3/h9-12,16H,7-8,13H2,1-6H3,(H,20,23). The van der Waals surface area contributed by atoms with Crippen molar-refractivity contribution < 1.29 is 9.59 Å². The van der Waals surface area contributed by atoms with E-state index in [1.54, 1.807) is 4.90 Å². The van der Waals surface area contributed by atoms with Crippen molar-refractivity contribution in [2.24, 2.45) is 0 Å². The molecule has 0 spiro atoms. The molecule has 0 aliphatic heterocycles. The van der Waals surface area contributed by atoms with Crippen LogP contribution in [0.1, 0.15) is 58.6 Å². The molecule has 1 aromatic carbocycles. The van der Waals surface area contributed by atoms with E-state index >= 15 is 0 Å². The lowest BCUT2D eigenvalue weighted by atomic mass is 10.0. The van der Waals surface area contributed by atoms with Gasteiger partial charge in [-0.25, -0.2) is 0 Å². The normalized spacial score (nSPS) is 12.6. The minimum atomic E-state index is -0.443. The van der Waals surface area contributed by atoms with Crippen LogP contribution in [-0.2, 0) is 16.1 Å². The van der Waals surface area contributed by atoms with Gasteiger partial charge in [-0.2, -0.15) is 0 Å². The highest BCUT2D eigenvalue weighted by molar-refractivity contribution is 5.88. The van der Waals surface area contributed by atoms with Crippen molar-refractivity contribution in [1.82, 2.24) is 10.2 Å². The van der Waals surface area contributed by atoms with Gasteiger partial charge in [-0.15, -0.1) is 0 Å². The summed E-state index contributed by atoms with van der Waals surface area (Å²) in [6.07, 6.45) is 0.991. The van der Waals surface area contributed by atoms with Crippen LogP contribution in [0.2, 0.25) is 0 Å². The zero-order valence-electron chi connectivity index (χ0n) is 15.3. The Morgan fingerprint density at radius 1 is 1.17 bits per heavy atom. The van der Waals surface area contributed by atoms with E-state index < -0.39 is 6.04 Å². The molecule has 0 aliphatic carbocycles. The zero-order valence-corrected chi connectivity index (χ0v) is 15.3. The largest absolute Gasteiger partial charge is 0.350 e. The maximum Gasteiger partial charge on any atom is 0.243 e. The van der Waals surface area contributed by atoms with Crippen molar-refractivity contribution in [3.63, 3.8) is 0 Å². The van der Waals surface area contributed by atoms with Crippen LogP contribution in [0.15, 0.2) is 24.3 Å². The Kier molecular flexibility index (Phi) is 6.79. The molecule has 0 aromatic heterocycles. The first-order valence-corrected chi connectivity index (χ1v) is 8.35. The first-order chi connectivity index (χ1) is 10.7. The lowest BCUT2D eigenvalue weighted by molar-refractivity contribution is -0.141. The number of benzene rings is 1. The molecule has 0 bridgehead atoms. The molecule has 128 valence electrons. The van der Waals surface area contributed by atoms with Gasteiger partial charge in [0, 0.05) is 18.5 Å². The van der Waals surface area contributed by atoms with Crippen LogP contribution in [0.4, 0.5) is 0 Å². The van der Waals surface area contributed by atoms with Gasteiger partial charge in [0.2, 0.25) is 11.8 Å². The summed E-state index contributed by atoms with van der Waals surface area (Å²) >= 11 is 0. The van der Waals surface area contributed by atoms with E-state index in [0.29, 0.717) is 19.4 Å². The van der Waals surface area contributed by atoms with Gasteiger partial charge < -0.3 is 10.2 Å². The molecule has 0 saturated heterocycles. The summed E-state index contributed by atoms with van der Waals surface area (Å²) < 4.78 is 0. The van der Waals surface area contributed by atoms with Crippen molar-refractivity contribution in [2.75, 3.05) is 0 Å². The summed E-state index contributed by atoms with van der Waals surface area (Å²) in [6.45, 7) is 12.1. The van der Waals surface area contributed by atoms with Gasteiger partial charge in [-0.3, -0.25) is 9.59 Å². The monoisotopic (exact) mass is 318 g/mol. The van der Waals surface area contributed by atoms with Crippen LogP contribution in [0, 0.1) is 6.92 Å². The van der Waals surface area contributed by atoms with E-state index in [4.69, 9.17) is 0 Å². The number of hydrogen-bond acceptors (Lipinski definition) is 2. The average molecular weight is 318 g/mol. The summed E-state index contributed by atoms with van der Waals surface area (Å²) in [4.78, 5) is 26.8. The molecular weight excluding hydrogens is 288 g/mol. The molecule has 1 N–H and O–H groups in total. The molecule has 0 radical (unpaired) electrons. The molecule has 1 unspecified atom stereocenters. The molecule has 4 nitrogen and oxygen atoms in total. The van der Waals surface area contributed by atoms with E-state index in [2.05, 4.69) is 5.32 Å².